The van der Waals surface area contributed by atoms with E-state index in [2.05, 4.69) is 20.5 Å². The minimum absolute atomic E-state index is 0.0413. The average Bonchev–Trinajstić information content (AvgIpc) is 3.68. The monoisotopic (exact) mass is 570 g/mol. The molecule has 3 heterocycles. The molecule has 0 saturated heterocycles. The predicted molar refractivity (Wildman–Crippen MR) is 153 cm³/mol. The van der Waals surface area contributed by atoms with Crippen LogP contribution in [0, 0.1) is 17.0 Å². The van der Waals surface area contributed by atoms with Crippen LogP contribution in [0.3, 0.4) is 0 Å². The molecule has 0 aliphatic carbocycles. The summed E-state index contributed by atoms with van der Waals surface area (Å²) in [5, 5.41) is 16.7. The van der Waals surface area contributed by atoms with Crippen molar-refractivity contribution >= 4 is 23.6 Å². The highest BCUT2D eigenvalue weighted by molar-refractivity contribution is 6.06. The van der Waals surface area contributed by atoms with E-state index in [4.69, 9.17) is 14.9 Å². The molecule has 0 aliphatic heterocycles. The van der Waals surface area contributed by atoms with Crippen LogP contribution in [0.15, 0.2) is 90.3 Å². The average molecular weight is 571 g/mol. The van der Waals surface area contributed by atoms with E-state index >= 15 is 4.39 Å². The molecule has 0 aliphatic rings. The zero-order valence-electron chi connectivity index (χ0n) is 22.2. The second-order valence-electron chi connectivity index (χ2n) is 8.79. The van der Waals surface area contributed by atoms with E-state index < -0.39 is 23.1 Å². The largest absolute Gasteiger partial charge is 0.493 e. The minimum Gasteiger partial charge on any atom is -0.493 e. The number of hydrogen-bond donors (Lipinski definition) is 4. The van der Waals surface area contributed by atoms with E-state index in [0.29, 0.717) is 11.4 Å². The van der Waals surface area contributed by atoms with Crippen LogP contribution in [0.25, 0.3) is 22.6 Å². The lowest BCUT2D eigenvalue weighted by Gasteiger charge is -2.14. The molecule has 5 aromatic rings. The fraction of sp³-hybridized carbons (Fsp3) is 0.0667. The van der Waals surface area contributed by atoms with Crippen molar-refractivity contribution in [2.45, 2.75) is 6.92 Å². The van der Waals surface area contributed by atoms with Crippen molar-refractivity contribution in [1.82, 2.24) is 19.7 Å². The first-order valence-corrected chi connectivity index (χ1v) is 12.7. The molecule has 5 rings (SSSR count). The molecule has 0 bridgehead atoms. The molecule has 1 amide bonds. The maximum Gasteiger partial charge on any atom is 0.271 e. The molecule has 0 unspecified atom stereocenters. The van der Waals surface area contributed by atoms with Crippen LogP contribution < -0.4 is 20.3 Å². The zero-order chi connectivity index (χ0) is 29.6. The molecule has 12 heteroatoms. The van der Waals surface area contributed by atoms with Gasteiger partial charge >= 0.3 is 0 Å². The highest BCUT2D eigenvalue weighted by Crippen LogP contribution is 2.31. The van der Waals surface area contributed by atoms with Crippen LogP contribution >= 0.6 is 0 Å². The van der Waals surface area contributed by atoms with Crippen molar-refractivity contribution < 1.29 is 23.0 Å². The van der Waals surface area contributed by atoms with Gasteiger partial charge in [0.1, 0.15) is 17.1 Å². The van der Waals surface area contributed by atoms with E-state index in [1.54, 1.807) is 31.6 Å². The molecule has 42 heavy (non-hydrogen) atoms. The number of nitrogens with zero attached hydrogens (tertiary/aromatic N) is 2. The Bertz CT molecular complexity index is 1830. The third-order valence-electron chi connectivity index (χ3n) is 6.13. The SMILES string of the molecule is CCOc1ccn(-c2ccc(F)cc2)c(=O)c1C(=O)Nc1ccc(O/C(=C/C=N)c2[nH]ccc2-c2cn[nH]c2)c(F)c1. The summed E-state index contributed by atoms with van der Waals surface area (Å²) in [7, 11) is 0. The van der Waals surface area contributed by atoms with Crippen molar-refractivity contribution in [2.75, 3.05) is 11.9 Å². The van der Waals surface area contributed by atoms with Crippen LogP contribution in [0.5, 0.6) is 11.5 Å². The number of amides is 1. The van der Waals surface area contributed by atoms with Crippen molar-refractivity contribution in [3.63, 3.8) is 0 Å². The van der Waals surface area contributed by atoms with Gasteiger partial charge in [0.2, 0.25) is 0 Å². The molecule has 0 radical (unpaired) electrons. The maximum absolute atomic E-state index is 15.2. The van der Waals surface area contributed by atoms with E-state index in [1.807, 2.05) is 0 Å². The summed E-state index contributed by atoms with van der Waals surface area (Å²) in [6.07, 6.45) is 8.77. The first-order valence-electron chi connectivity index (χ1n) is 12.7. The van der Waals surface area contributed by atoms with Crippen molar-refractivity contribution in [2.24, 2.45) is 0 Å². The summed E-state index contributed by atoms with van der Waals surface area (Å²) in [5.41, 5.74) is 1.38. The Morgan fingerprint density at radius 2 is 1.93 bits per heavy atom. The van der Waals surface area contributed by atoms with Crippen molar-refractivity contribution in [1.29, 1.82) is 5.41 Å². The number of carbonyl (C=O) groups is 1. The Hall–Kier alpha value is -5.78. The van der Waals surface area contributed by atoms with Gasteiger partial charge in [0, 0.05) is 59.4 Å². The first-order chi connectivity index (χ1) is 20.4. The normalized spacial score (nSPS) is 11.3. The minimum atomic E-state index is -0.825. The van der Waals surface area contributed by atoms with E-state index in [-0.39, 0.29) is 35.1 Å². The highest BCUT2D eigenvalue weighted by atomic mass is 19.1. The van der Waals surface area contributed by atoms with Crippen molar-refractivity contribution in [3.8, 4) is 28.3 Å². The lowest BCUT2D eigenvalue weighted by molar-refractivity contribution is 0.102. The van der Waals surface area contributed by atoms with Gasteiger partial charge in [-0.3, -0.25) is 19.3 Å². The summed E-state index contributed by atoms with van der Waals surface area (Å²) >= 11 is 0. The quantitative estimate of drug-likeness (QED) is 0.129. The number of anilines is 1. The van der Waals surface area contributed by atoms with E-state index in [9.17, 15) is 14.0 Å². The molecule has 10 nitrogen and oxygen atoms in total. The number of hydrogen-bond acceptors (Lipinski definition) is 6. The Balaban J connectivity index is 1.41. The third-order valence-corrected chi connectivity index (χ3v) is 6.13. The molecular weight excluding hydrogens is 546 g/mol. The van der Waals surface area contributed by atoms with Gasteiger partial charge < -0.3 is 25.2 Å². The number of ether oxygens (including phenoxy) is 2. The number of pyridine rings is 1. The lowest BCUT2D eigenvalue weighted by Crippen LogP contribution is -2.29. The molecule has 4 N–H and O–H groups in total. The van der Waals surface area contributed by atoms with Gasteiger partial charge in [-0.2, -0.15) is 5.10 Å². The second-order valence-corrected chi connectivity index (χ2v) is 8.79. The van der Waals surface area contributed by atoms with Crippen LogP contribution in [-0.4, -0.2) is 38.5 Å². The predicted octanol–water partition coefficient (Wildman–Crippen LogP) is 5.55. The molecule has 212 valence electrons. The third kappa shape index (κ3) is 5.72. The second kappa shape index (κ2) is 12.2. The fourth-order valence-corrected chi connectivity index (χ4v) is 4.24. The molecule has 0 spiro atoms. The van der Waals surface area contributed by atoms with E-state index in [1.165, 1.54) is 59.3 Å². The summed E-state index contributed by atoms with van der Waals surface area (Å²) < 4.78 is 41.1. The lowest BCUT2D eigenvalue weighted by atomic mass is 10.1. The molecule has 3 aromatic heterocycles. The molecule has 0 saturated carbocycles. The molecule has 0 atom stereocenters. The number of aromatic amines is 2. The number of H-pyrrole nitrogens is 2. The van der Waals surface area contributed by atoms with Gasteiger partial charge in [0.25, 0.3) is 11.5 Å². The molecular formula is C30H24F2N6O4. The first kappa shape index (κ1) is 27.8. The molecule has 0 fully saturated rings. The van der Waals surface area contributed by atoms with Crippen LogP contribution in [0.4, 0.5) is 14.5 Å². The Morgan fingerprint density at radius 1 is 1.12 bits per heavy atom. The number of benzene rings is 2. The van der Waals surface area contributed by atoms with Crippen LogP contribution in [0.1, 0.15) is 23.0 Å². The van der Waals surface area contributed by atoms with Gasteiger partial charge in [-0.05, 0) is 55.5 Å². The summed E-state index contributed by atoms with van der Waals surface area (Å²) in [5.74, 6) is -2.05. The number of nitrogens with one attached hydrogen (secondary N) is 4. The summed E-state index contributed by atoms with van der Waals surface area (Å²) in [6, 6.07) is 12.2. The van der Waals surface area contributed by atoms with Gasteiger partial charge in [0.15, 0.2) is 17.3 Å². The van der Waals surface area contributed by atoms with Gasteiger partial charge in [-0.25, -0.2) is 8.78 Å². The maximum atomic E-state index is 15.2. The van der Waals surface area contributed by atoms with Gasteiger partial charge in [0.05, 0.1) is 18.5 Å². The standard InChI is InChI=1S/C30H24F2N6O4/c1-2-41-25-11-14-38(21-6-3-19(31)4-7-21)30(40)27(25)29(39)37-20-5-8-24(23(32)15-20)42-26(9-12-33)28-22(10-13-34-28)18-16-35-36-17-18/h3-17,33-34H,2H2,1H3,(H,35,36)(H,37,39)/b26-9+,33-12?. The highest BCUT2D eigenvalue weighted by Gasteiger charge is 2.21. The summed E-state index contributed by atoms with van der Waals surface area (Å²) in [6.45, 7) is 1.89. The Labute approximate surface area is 237 Å². The number of halogens is 2. The molecule has 2 aromatic carbocycles. The topological polar surface area (TPSA) is 138 Å². The van der Waals surface area contributed by atoms with Crippen LogP contribution in [0.2, 0.25) is 0 Å². The number of allylic oxidation sites excluding steroid dienone is 1. The van der Waals surface area contributed by atoms with Gasteiger partial charge in [-0.1, -0.05) is 0 Å². The Kier molecular flexibility index (Phi) is 8.05. The van der Waals surface area contributed by atoms with E-state index in [0.717, 1.165) is 23.4 Å². The smallest absolute Gasteiger partial charge is 0.271 e. The number of carbonyl (C=O) groups excluding carboxylic acids is 1. The Morgan fingerprint density at radius 3 is 2.62 bits per heavy atom. The number of rotatable bonds is 10. The summed E-state index contributed by atoms with van der Waals surface area (Å²) in [4.78, 5) is 29.6. The number of aromatic nitrogens is 4. The zero-order valence-corrected chi connectivity index (χ0v) is 22.2. The van der Waals surface area contributed by atoms with Crippen molar-refractivity contribution in [3.05, 3.63) is 119 Å². The van der Waals surface area contributed by atoms with Crippen LogP contribution in [-0.2, 0) is 0 Å². The van der Waals surface area contributed by atoms with Gasteiger partial charge in [-0.15, -0.1) is 0 Å². The fourth-order valence-electron chi connectivity index (χ4n) is 4.24.